The fourth-order valence-electron chi connectivity index (χ4n) is 3.75. The predicted octanol–water partition coefficient (Wildman–Crippen LogP) is 2.62. The second-order valence-corrected chi connectivity index (χ2v) is 7.06. The molecule has 1 N–H and O–H groups in total. The maximum Gasteiger partial charge on any atom is 0.0594 e. The van der Waals surface area contributed by atoms with E-state index in [-0.39, 0.29) is 0 Å². The van der Waals surface area contributed by atoms with Gasteiger partial charge in [-0.2, -0.15) is 0 Å². The quantitative estimate of drug-likeness (QED) is 0.843. The molecule has 0 spiro atoms. The Morgan fingerprint density at radius 3 is 2.81 bits per heavy atom. The minimum Gasteiger partial charge on any atom is -0.379 e. The van der Waals surface area contributed by atoms with Crippen LogP contribution in [0.15, 0.2) is 24.3 Å². The molecule has 0 radical (unpaired) electrons. The Balaban J connectivity index is 1.50. The van der Waals surface area contributed by atoms with Crippen molar-refractivity contribution in [1.29, 1.82) is 0 Å². The van der Waals surface area contributed by atoms with Crippen molar-refractivity contribution < 1.29 is 4.74 Å². The summed E-state index contributed by atoms with van der Waals surface area (Å²) < 4.78 is 5.40. The largest absolute Gasteiger partial charge is 0.379 e. The summed E-state index contributed by atoms with van der Waals surface area (Å²) in [6.45, 7) is 11.0. The molecule has 0 saturated carbocycles. The smallest absolute Gasteiger partial charge is 0.0594 e. The average molecular weight is 288 g/mol. The lowest BCUT2D eigenvalue weighted by Crippen LogP contribution is -2.38. The van der Waals surface area contributed by atoms with Gasteiger partial charge in [0.15, 0.2) is 0 Å². The molecule has 2 aliphatic rings. The van der Waals surface area contributed by atoms with Gasteiger partial charge in [-0.25, -0.2) is 0 Å². The normalized spacial score (nSPS) is 25.0. The Kier molecular flexibility index (Phi) is 4.63. The van der Waals surface area contributed by atoms with Crippen LogP contribution in [0.1, 0.15) is 37.4 Å². The van der Waals surface area contributed by atoms with Gasteiger partial charge in [0.1, 0.15) is 0 Å². The Morgan fingerprint density at radius 2 is 2.00 bits per heavy atom. The van der Waals surface area contributed by atoms with E-state index in [4.69, 9.17) is 4.74 Å². The molecule has 1 heterocycles. The van der Waals surface area contributed by atoms with Crippen LogP contribution in [0.25, 0.3) is 0 Å². The number of benzene rings is 1. The van der Waals surface area contributed by atoms with E-state index in [2.05, 4.69) is 48.3 Å². The zero-order valence-electron chi connectivity index (χ0n) is 13.4. The topological polar surface area (TPSA) is 24.5 Å². The van der Waals surface area contributed by atoms with Gasteiger partial charge < -0.3 is 10.1 Å². The summed E-state index contributed by atoms with van der Waals surface area (Å²) in [6.07, 6.45) is 2.40. The Morgan fingerprint density at radius 1 is 1.24 bits per heavy atom. The lowest BCUT2D eigenvalue weighted by atomic mass is 9.85. The van der Waals surface area contributed by atoms with E-state index in [0.717, 1.165) is 32.8 Å². The Bertz CT molecular complexity index is 466. The van der Waals surface area contributed by atoms with Crippen molar-refractivity contribution in [3.05, 3.63) is 35.4 Å². The summed E-state index contributed by atoms with van der Waals surface area (Å²) in [5, 5.41) is 3.81. The summed E-state index contributed by atoms with van der Waals surface area (Å²) in [5.41, 5.74) is 3.35. The molecule has 0 amide bonds. The molecule has 1 aliphatic carbocycles. The van der Waals surface area contributed by atoms with E-state index in [9.17, 15) is 0 Å². The molecule has 0 bridgehead atoms. The summed E-state index contributed by atoms with van der Waals surface area (Å²) >= 11 is 0. The van der Waals surface area contributed by atoms with Crippen LogP contribution >= 0.6 is 0 Å². The highest BCUT2D eigenvalue weighted by Gasteiger charge is 2.38. The number of nitrogens with zero attached hydrogens (tertiary/aromatic N) is 1. The Labute approximate surface area is 128 Å². The second kappa shape index (κ2) is 6.47. The van der Waals surface area contributed by atoms with E-state index in [1.54, 1.807) is 0 Å². The molecule has 1 unspecified atom stereocenters. The zero-order chi connectivity index (χ0) is 14.7. The summed E-state index contributed by atoms with van der Waals surface area (Å²) in [4.78, 5) is 2.51. The van der Waals surface area contributed by atoms with Gasteiger partial charge in [0.05, 0.1) is 13.2 Å². The van der Waals surface area contributed by atoms with Crippen LogP contribution in [0.3, 0.4) is 0 Å². The van der Waals surface area contributed by atoms with Gasteiger partial charge in [-0.3, -0.25) is 4.90 Å². The molecule has 116 valence electrons. The summed E-state index contributed by atoms with van der Waals surface area (Å²) in [6, 6.07) is 9.41. The average Bonchev–Trinajstić information content (AvgIpc) is 2.75. The number of rotatable bonds is 5. The maximum absolute atomic E-state index is 5.40. The molecule has 0 aromatic heterocycles. The molecule has 1 aromatic carbocycles. The molecule has 1 saturated heterocycles. The van der Waals surface area contributed by atoms with E-state index >= 15 is 0 Å². The van der Waals surface area contributed by atoms with Crippen LogP contribution in [0, 0.1) is 5.41 Å². The van der Waals surface area contributed by atoms with Crippen molar-refractivity contribution >= 4 is 0 Å². The summed E-state index contributed by atoms with van der Waals surface area (Å²) in [5.74, 6) is 0. The van der Waals surface area contributed by atoms with E-state index in [1.807, 2.05) is 0 Å². The monoisotopic (exact) mass is 288 g/mol. The van der Waals surface area contributed by atoms with Crippen LogP contribution in [-0.4, -0.2) is 44.3 Å². The van der Waals surface area contributed by atoms with E-state index < -0.39 is 0 Å². The van der Waals surface area contributed by atoms with E-state index in [1.165, 1.54) is 30.5 Å². The van der Waals surface area contributed by atoms with Crippen LogP contribution in [-0.2, 0) is 11.2 Å². The zero-order valence-corrected chi connectivity index (χ0v) is 13.4. The highest BCUT2D eigenvalue weighted by Crippen LogP contribution is 2.44. The second-order valence-electron chi connectivity index (χ2n) is 7.06. The highest BCUT2D eigenvalue weighted by atomic mass is 16.5. The van der Waals surface area contributed by atoms with Gasteiger partial charge >= 0.3 is 0 Å². The lowest BCUT2D eigenvalue weighted by molar-refractivity contribution is 0.0372. The first-order valence-corrected chi connectivity index (χ1v) is 8.28. The van der Waals surface area contributed by atoms with Gasteiger partial charge in [-0.05, 0) is 42.5 Å². The number of hydrogen-bond donors (Lipinski definition) is 1. The predicted molar refractivity (Wildman–Crippen MR) is 86.5 cm³/mol. The first-order valence-electron chi connectivity index (χ1n) is 8.28. The number of hydrogen-bond acceptors (Lipinski definition) is 3. The van der Waals surface area contributed by atoms with Crippen molar-refractivity contribution in [2.45, 2.75) is 32.7 Å². The molecule has 21 heavy (non-hydrogen) atoms. The maximum atomic E-state index is 5.40. The standard InChI is InChI=1S/C18H28N2O/c1-18(2)14-15-6-3-4-7-16(15)17(18)19-8-5-9-20-10-12-21-13-11-20/h3-4,6-7,17,19H,5,8-14H2,1-2H3. The third-order valence-electron chi connectivity index (χ3n) is 4.90. The molecule has 1 aromatic rings. The van der Waals surface area contributed by atoms with Gasteiger partial charge in [0.2, 0.25) is 0 Å². The molecule has 1 fully saturated rings. The third-order valence-corrected chi connectivity index (χ3v) is 4.90. The molecular formula is C18H28N2O. The molecular weight excluding hydrogens is 260 g/mol. The number of ether oxygens (including phenoxy) is 1. The number of nitrogens with one attached hydrogen (secondary N) is 1. The first kappa shape index (κ1) is 15.0. The fourth-order valence-corrected chi connectivity index (χ4v) is 3.75. The lowest BCUT2D eigenvalue weighted by Gasteiger charge is -2.30. The van der Waals surface area contributed by atoms with Crippen molar-refractivity contribution in [2.24, 2.45) is 5.41 Å². The van der Waals surface area contributed by atoms with Gasteiger partial charge in [-0.1, -0.05) is 38.1 Å². The van der Waals surface area contributed by atoms with Crippen molar-refractivity contribution in [1.82, 2.24) is 10.2 Å². The van der Waals surface area contributed by atoms with Gasteiger partial charge in [-0.15, -0.1) is 0 Å². The fraction of sp³-hybridized carbons (Fsp3) is 0.667. The number of fused-ring (bicyclic) bond motifs is 1. The highest BCUT2D eigenvalue weighted by molar-refractivity contribution is 5.37. The minimum absolute atomic E-state index is 0.322. The SMILES string of the molecule is CC1(C)Cc2ccccc2C1NCCCN1CCOCC1. The third kappa shape index (κ3) is 3.47. The molecule has 3 nitrogen and oxygen atoms in total. The molecule has 1 atom stereocenters. The van der Waals surface area contributed by atoms with Gasteiger partial charge in [0.25, 0.3) is 0 Å². The van der Waals surface area contributed by atoms with E-state index in [0.29, 0.717) is 11.5 Å². The summed E-state index contributed by atoms with van der Waals surface area (Å²) in [7, 11) is 0. The van der Waals surface area contributed by atoms with Crippen molar-refractivity contribution in [3.8, 4) is 0 Å². The van der Waals surface area contributed by atoms with Crippen molar-refractivity contribution in [3.63, 3.8) is 0 Å². The molecule has 3 rings (SSSR count). The van der Waals surface area contributed by atoms with Crippen LogP contribution in [0.4, 0.5) is 0 Å². The minimum atomic E-state index is 0.322. The molecule has 3 heteroatoms. The number of morpholine rings is 1. The van der Waals surface area contributed by atoms with Crippen LogP contribution in [0.5, 0.6) is 0 Å². The first-order chi connectivity index (χ1) is 10.2. The van der Waals surface area contributed by atoms with Crippen molar-refractivity contribution in [2.75, 3.05) is 39.4 Å². The Hall–Kier alpha value is -0.900. The molecule has 1 aliphatic heterocycles. The van der Waals surface area contributed by atoms with Gasteiger partial charge in [0, 0.05) is 19.1 Å². The van der Waals surface area contributed by atoms with Crippen LogP contribution < -0.4 is 5.32 Å². The van der Waals surface area contributed by atoms with Crippen LogP contribution in [0.2, 0.25) is 0 Å².